The van der Waals surface area contributed by atoms with E-state index in [0.717, 1.165) is 27.0 Å². The highest BCUT2D eigenvalue weighted by Gasteiger charge is 2.07. The molecule has 0 aromatic heterocycles. The van der Waals surface area contributed by atoms with Gasteiger partial charge in [-0.1, -0.05) is 15.9 Å². The number of hydrogen-bond acceptors (Lipinski definition) is 2. The van der Waals surface area contributed by atoms with E-state index in [1.165, 1.54) is 0 Å². The lowest BCUT2D eigenvalue weighted by Gasteiger charge is -2.12. The number of carboxylic acids is 1. The van der Waals surface area contributed by atoms with Crippen molar-refractivity contribution in [2.45, 2.75) is 13.8 Å². The van der Waals surface area contributed by atoms with E-state index in [1.54, 1.807) is 18.2 Å². The van der Waals surface area contributed by atoms with Gasteiger partial charge in [-0.05, 0) is 61.4 Å². The minimum atomic E-state index is -0.908. The average molecular weight is 320 g/mol. The number of halogens is 1. The smallest absolute Gasteiger partial charge is 0.335 e. The molecule has 3 nitrogen and oxygen atoms in total. The quantitative estimate of drug-likeness (QED) is 0.875. The Morgan fingerprint density at radius 3 is 2.16 bits per heavy atom. The van der Waals surface area contributed by atoms with Gasteiger partial charge in [0.15, 0.2) is 0 Å². The first-order valence-electron chi connectivity index (χ1n) is 5.84. The van der Waals surface area contributed by atoms with Crippen molar-refractivity contribution >= 4 is 33.3 Å². The van der Waals surface area contributed by atoms with E-state index < -0.39 is 5.97 Å². The van der Waals surface area contributed by atoms with Crippen LogP contribution in [0.25, 0.3) is 0 Å². The summed E-state index contributed by atoms with van der Waals surface area (Å²) in [5, 5.41) is 12.3. The van der Waals surface area contributed by atoms with Crippen molar-refractivity contribution < 1.29 is 9.90 Å². The predicted molar refractivity (Wildman–Crippen MR) is 80.3 cm³/mol. The second-order valence-electron chi connectivity index (χ2n) is 4.42. The summed E-state index contributed by atoms with van der Waals surface area (Å²) >= 11 is 3.43. The Bertz CT molecular complexity index is 638. The van der Waals surface area contributed by atoms with E-state index in [1.807, 2.05) is 32.0 Å². The summed E-state index contributed by atoms with van der Waals surface area (Å²) in [5.41, 5.74) is 4.25. The molecular formula is C15H14BrNO2. The van der Waals surface area contributed by atoms with Crippen LogP contribution in [-0.2, 0) is 0 Å². The predicted octanol–water partition coefficient (Wildman–Crippen LogP) is 4.51. The number of carboxylic acid groups (broad SMARTS) is 1. The number of nitrogens with one attached hydrogen (secondary N) is 1. The molecule has 0 bridgehead atoms. The van der Waals surface area contributed by atoms with Gasteiger partial charge in [-0.2, -0.15) is 0 Å². The maximum absolute atomic E-state index is 10.9. The third kappa shape index (κ3) is 3.15. The van der Waals surface area contributed by atoms with Crippen molar-refractivity contribution in [3.05, 3.63) is 57.6 Å². The summed E-state index contributed by atoms with van der Waals surface area (Å²) in [4.78, 5) is 10.9. The molecule has 4 heteroatoms. The van der Waals surface area contributed by atoms with Crippen LogP contribution in [0.3, 0.4) is 0 Å². The van der Waals surface area contributed by atoms with Gasteiger partial charge in [0.2, 0.25) is 0 Å². The van der Waals surface area contributed by atoms with Gasteiger partial charge in [0.05, 0.1) is 5.56 Å². The van der Waals surface area contributed by atoms with Crippen LogP contribution >= 0.6 is 15.9 Å². The second-order valence-corrected chi connectivity index (χ2v) is 5.33. The molecule has 0 saturated carbocycles. The third-order valence-electron chi connectivity index (χ3n) is 2.93. The summed E-state index contributed by atoms with van der Waals surface area (Å²) in [7, 11) is 0. The van der Waals surface area contributed by atoms with Crippen molar-refractivity contribution in [3.8, 4) is 0 Å². The number of aryl methyl sites for hydroxylation is 2. The van der Waals surface area contributed by atoms with E-state index >= 15 is 0 Å². The van der Waals surface area contributed by atoms with Gasteiger partial charge in [-0.15, -0.1) is 0 Å². The van der Waals surface area contributed by atoms with Crippen molar-refractivity contribution in [2.75, 3.05) is 5.32 Å². The number of aromatic carboxylic acids is 1. The minimum Gasteiger partial charge on any atom is -0.478 e. The molecule has 2 aromatic carbocycles. The normalized spacial score (nSPS) is 10.3. The van der Waals surface area contributed by atoms with E-state index in [-0.39, 0.29) is 0 Å². The standard InChI is InChI=1S/C15H14BrNO2/c1-9-7-11(15(18)19)3-5-13(9)17-14-6-4-12(16)8-10(14)2/h3-8,17H,1-2H3,(H,18,19). The zero-order chi connectivity index (χ0) is 14.0. The molecular weight excluding hydrogens is 306 g/mol. The third-order valence-corrected chi connectivity index (χ3v) is 3.42. The Hall–Kier alpha value is -1.81. The number of hydrogen-bond donors (Lipinski definition) is 2. The summed E-state index contributed by atoms with van der Waals surface area (Å²) in [5.74, 6) is -0.908. The van der Waals surface area contributed by atoms with E-state index in [0.29, 0.717) is 5.56 Å². The topological polar surface area (TPSA) is 49.3 Å². The molecule has 19 heavy (non-hydrogen) atoms. The van der Waals surface area contributed by atoms with Crippen LogP contribution in [0.1, 0.15) is 21.5 Å². The molecule has 0 fully saturated rings. The Morgan fingerprint density at radius 2 is 1.63 bits per heavy atom. The molecule has 0 atom stereocenters. The molecule has 0 radical (unpaired) electrons. The molecule has 0 aliphatic carbocycles. The van der Waals surface area contributed by atoms with Crippen molar-refractivity contribution in [3.63, 3.8) is 0 Å². The highest BCUT2D eigenvalue weighted by molar-refractivity contribution is 9.10. The Morgan fingerprint density at radius 1 is 1.05 bits per heavy atom. The van der Waals surface area contributed by atoms with Crippen LogP contribution in [0, 0.1) is 13.8 Å². The van der Waals surface area contributed by atoms with Crippen molar-refractivity contribution in [2.24, 2.45) is 0 Å². The zero-order valence-corrected chi connectivity index (χ0v) is 12.3. The maximum atomic E-state index is 10.9. The molecule has 0 saturated heterocycles. The van der Waals surface area contributed by atoms with Crippen LogP contribution in [0.4, 0.5) is 11.4 Å². The molecule has 2 aromatic rings. The van der Waals surface area contributed by atoms with Gasteiger partial charge in [-0.25, -0.2) is 4.79 Å². The monoisotopic (exact) mass is 319 g/mol. The Kier molecular flexibility index (Phi) is 3.90. The molecule has 2 N–H and O–H groups in total. The Balaban J connectivity index is 2.31. The summed E-state index contributed by atoms with van der Waals surface area (Å²) in [6, 6.07) is 11.1. The number of carbonyl (C=O) groups is 1. The number of benzene rings is 2. The van der Waals surface area contributed by atoms with Gasteiger partial charge < -0.3 is 10.4 Å². The molecule has 0 heterocycles. The average Bonchev–Trinajstić information content (AvgIpc) is 2.34. The number of rotatable bonds is 3. The maximum Gasteiger partial charge on any atom is 0.335 e. The molecule has 0 spiro atoms. The first-order chi connectivity index (χ1) is 8.97. The van der Waals surface area contributed by atoms with Crippen molar-refractivity contribution in [1.82, 2.24) is 0 Å². The summed E-state index contributed by atoms with van der Waals surface area (Å²) in [6.45, 7) is 3.91. The van der Waals surface area contributed by atoms with Crippen LogP contribution in [0.5, 0.6) is 0 Å². The second kappa shape index (κ2) is 5.45. The minimum absolute atomic E-state index is 0.301. The lowest BCUT2D eigenvalue weighted by atomic mass is 10.1. The van der Waals surface area contributed by atoms with Gasteiger partial charge in [0.1, 0.15) is 0 Å². The first kappa shape index (κ1) is 13.6. The Labute approximate surface area is 120 Å². The van der Waals surface area contributed by atoms with Crippen molar-refractivity contribution in [1.29, 1.82) is 0 Å². The molecule has 0 unspecified atom stereocenters. The SMILES string of the molecule is Cc1cc(Br)ccc1Nc1ccc(C(=O)O)cc1C. The molecule has 98 valence electrons. The zero-order valence-electron chi connectivity index (χ0n) is 10.7. The van der Waals surface area contributed by atoms with Crippen LogP contribution in [-0.4, -0.2) is 11.1 Å². The fourth-order valence-corrected chi connectivity index (χ4v) is 2.32. The van der Waals surface area contributed by atoms with E-state index in [9.17, 15) is 4.79 Å². The first-order valence-corrected chi connectivity index (χ1v) is 6.64. The molecule has 0 amide bonds. The summed E-state index contributed by atoms with van der Waals surface area (Å²) in [6.07, 6.45) is 0. The molecule has 0 aliphatic rings. The summed E-state index contributed by atoms with van der Waals surface area (Å²) < 4.78 is 1.04. The lowest BCUT2D eigenvalue weighted by molar-refractivity contribution is 0.0697. The fourth-order valence-electron chi connectivity index (χ4n) is 1.85. The van der Waals surface area contributed by atoms with Gasteiger partial charge in [-0.3, -0.25) is 0 Å². The highest BCUT2D eigenvalue weighted by atomic mass is 79.9. The van der Waals surface area contributed by atoms with Gasteiger partial charge in [0.25, 0.3) is 0 Å². The van der Waals surface area contributed by atoms with Gasteiger partial charge >= 0.3 is 5.97 Å². The van der Waals surface area contributed by atoms with Gasteiger partial charge in [0, 0.05) is 15.8 Å². The fraction of sp³-hybridized carbons (Fsp3) is 0.133. The largest absolute Gasteiger partial charge is 0.478 e. The van der Waals surface area contributed by atoms with Crippen LogP contribution in [0.2, 0.25) is 0 Å². The van der Waals surface area contributed by atoms with E-state index in [4.69, 9.17) is 5.11 Å². The highest BCUT2D eigenvalue weighted by Crippen LogP contribution is 2.26. The van der Waals surface area contributed by atoms with Crippen LogP contribution in [0.15, 0.2) is 40.9 Å². The van der Waals surface area contributed by atoms with Crippen LogP contribution < -0.4 is 5.32 Å². The molecule has 0 aliphatic heterocycles. The number of anilines is 2. The molecule has 2 rings (SSSR count). The van der Waals surface area contributed by atoms with E-state index in [2.05, 4.69) is 21.2 Å². The lowest BCUT2D eigenvalue weighted by Crippen LogP contribution is -2.00.